The normalized spacial score (nSPS) is 10.6. The summed E-state index contributed by atoms with van der Waals surface area (Å²) in [5, 5.41) is 1.17. The van der Waals surface area contributed by atoms with E-state index >= 15 is 0 Å². The maximum atomic E-state index is 5.48. The van der Waals surface area contributed by atoms with Crippen molar-refractivity contribution in [3.8, 4) is 0 Å². The minimum atomic E-state index is 0.510. The molecule has 14 heavy (non-hydrogen) atoms. The van der Waals surface area contributed by atoms with Gasteiger partial charge in [0.15, 0.2) is 0 Å². The summed E-state index contributed by atoms with van der Waals surface area (Å²) in [6.07, 6.45) is 0.627. The van der Waals surface area contributed by atoms with E-state index < -0.39 is 0 Å². The van der Waals surface area contributed by atoms with Crippen LogP contribution in [-0.2, 0) is 6.42 Å². The van der Waals surface area contributed by atoms with Gasteiger partial charge in [-0.25, -0.2) is 0 Å². The topological polar surface area (TPSA) is 41.8 Å². The fourth-order valence-electron chi connectivity index (χ4n) is 1.45. The van der Waals surface area contributed by atoms with E-state index in [2.05, 4.69) is 33.0 Å². The lowest BCUT2D eigenvalue weighted by Gasteiger charge is -1.92. The van der Waals surface area contributed by atoms with E-state index in [0.29, 0.717) is 11.4 Å². The quantitative estimate of drug-likeness (QED) is 0.823. The summed E-state index contributed by atoms with van der Waals surface area (Å²) < 4.78 is 1.07. The van der Waals surface area contributed by atoms with Gasteiger partial charge in [-0.3, -0.25) is 0 Å². The van der Waals surface area contributed by atoms with Gasteiger partial charge < -0.3 is 10.7 Å². The Hall–Kier alpha value is -0.870. The predicted molar refractivity (Wildman–Crippen MR) is 66.5 cm³/mol. The Bertz CT molecular complexity index is 490. The molecule has 0 bridgehead atoms. The molecule has 0 aliphatic heterocycles. The molecular weight excluding hydrogens is 260 g/mol. The largest absolute Gasteiger partial charge is 0.393 e. The second kappa shape index (κ2) is 3.71. The summed E-state index contributed by atoms with van der Waals surface area (Å²) in [6.45, 7) is 0. The van der Waals surface area contributed by atoms with Crippen LogP contribution in [0.15, 0.2) is 28.7 Å². The number of fused-ring (bicyclic) bond motifs is 1. The minimum absolute atomic E-state index is 0.510. The Kier molecular flexibility index (Phi) is 2.56. The van der Waals surface area contributed by atoms with Crippen LogP contribution in [0.25, 0.3) is 10.9 Å². The molecule has 3 N–H and O–H groups in total. The summed E-state index contributed by atoms with van der Waals surface area (Å²) >= 11 is 8.28. The molecule has 0 amide bonds. The van der Waals surface area contributed by atoms with Crippen molar-refractivity contribution in [3.05, 3.63) is 34.4 Å². The maximum absolute atomic E-state index is 5.48. The van der Waals surface area contributed by atoms with Crippen molar-refractivity contribution in [1.29, 1.82) is 0 Å². The van der Waals surface area contributed by atoms with E-state index in [1.807, 2.05) is 12.1 Å². The minimum Gasteiger partial charge on any atom is -0.393 e. The second-order valence-corrected chi connectivity index (χ2v) is 4.61. The summed E-state index contributed by atoms with van der Waals surface area (Å²) in [4.78, 5) is 3.78. The number of halogens is 1. The predicted octanol–water partition coefficient (Wildman–Crippen LogP) is 2.76. The van der Waals surface area contributed by atoms with Crippen LogP contribution in [0.2, 0.25) is 0 Å². The fourth-order valence-corrected chi connectivity index (χ4v) is 1.98. The second-order valence-electron chi connectivity index (χ2n) is 3.17. The lowest BCUT2D eigenvalue weighted by atomic mass is 10.2. The van der Waals surface area contributed by atoms with E-state index in [4.69, 9.17) is 18.0 Å². The number of benzene rings is 1. The van der Waals surface area contributed by atoms with E-state index in [1.165, 1.54) is 5.39 Å². The van der Waals surface area contributed by atoms with Crippen molar-refractivity contribution in [2.75, 3.05) is 0 Å². The Labute approximate surface area is 95.6 Å². The van der Waals surface area contributed by atoms with Gasteiger partial charge in [0.1, 0.15) is 0 Å². The number of aromatic nitrogens is 1. The van der Waals surface area contributed by atoms with Crippen LogP contribution in [0.1, 0.15) is 5.69 Å². The molecule has 4 heteroatoms. The molecule has 0 aliphatic rings. The van der Waals surface area contributed by atoms with Gasteiger partial charge in [-0.05, 0) is 24.3 Å². The third-order valence-corrected chi connectivity index (χ3v) is 2.64. The number of nitrogens with one attached hydrogen (secondary N) is 1. The zero-order valence-electron chi connectivity index (χ0n) is 7.38. The Balaban J connectivity index is 2.46. The van der Waals surface area contributed by atoms with Crippen molar-refractivity contribution in [3.63, 3.8) is 0 Å². The van der Waals surface area contributed by atoms with Gasteiger partial charge in [0.2, 0.25) is 0 Å². The van der Waals surface area contributed by atoms with Crippen LogP contribution >= 0.6 is 28.1 Å². The average molecular weight is 269 g/mol. The van der Waals surface area contributed by atoms with Gasteiger partial charge in [0.25, 0.3) is 0 Å². The smallest absolute Gasteiger partial charge is 0.0786 e. The highest BCUT2D eigenvalue weighted by Gasteiger charge is 2.01. The van der Waals surface area contributed by atoms with Crippen LogP contribution in [0.5, 0.6) is 0 Å². The zero-order chi connectivity index (χ0) is 10.1. The molecule has 0 aliphatic carbocycles. The number of H-pyrrole nitrogens is 1. The SMILES string of the molecule is NC(=S)Cc1cc2cc(Br)ccc2[nH]1. The highest BCUT2D eigenvalue weighted by molar-refractivity contribution is 9.10. The molecule has 0 spiro atoms. The lowest BCUT2D eigenvalue weighted by molar-refractivity contribution is 1.21. The first-order valence-electron chi connectivity index (χ1n) is 4.20. The molecule has 0 atom stereocenters. The van der Waals surface area contributed by atoms with Crippen LogP contribution < -0.4 is 5.73 Å². The molecule has 0 radical (unpaired) electrons. The van der Waals surface area contributed by atoms with E-state index in [1.54, 1.807) is 0 Å². The van der Waals surface area contributed by atoms with Crippen molar-refractivity contribution in [1.82, 2.24) is 4.98 Å². The van der Waals surface area contributed by atoms with Crippen molar-refractivity contribution < 1.29 is 0 Å². The molecule has 1 aromatic heterocycles. The van der Waals surface area contributed by atoms with Gasteiger partial charge in [0, 0.05) is 27.5 Å². The van der Waals surface area contributed by atoms with Crippen LogP contribution in [0, 0.1) is 0 Å². The summed E-state index contributed by atoms with van der Waals surface area (Å²) in [7, 11) is 0. The van der Waals surface area contributed by atoms with Gasteiger partial charge in [0.05, 0.1) is 4.99 Å². The first kappa shape index (κ1) is 9.68. The molecule has 2 rings (SSSR count). The molecule has 0 saturated carbocycles. The molecule has 1 heterocycles. The molecule has 2 aromatic rings. The molecule has 2 nitrogen and oxygen atoms in total. The van der Waals surface area contributed by atoms with E-state index in [9.17, 15) is 0 Å². The van der Waals surface area contributed by atoms with Gasteiger partial charge in [-0.1, -0.05) is 28.1 Å². The molecule has 72 valence electrons. The zero-order valence-corrected chi connectivity index (χ0v) is 9.78. The Morgan fingerprint density at radius 3 is 2.93 bits per heavy atom. The number of thiocarbonyl (C=S) groups is 1. The van der Waals surface area contributed by atoms with E-state index in [-0.39, 0.29) is 0 Å². The summed E-state index contributed by atoms with van der Waals surface area (Å²) in [6, 6.07) is 8.17. The third kappa shape index (κ3) is 1.96. The third-order valence-electron chi connectivity index (χ3n) is 2.00. The first-order chi connectivity index (χ1) is 6.65. The van der Waals surface area contributed by atoms with Gasteiger partial charge in [-0.15, -0.1) is 0 Å². The average Bonchev–Trinajstić information content (AvgIpc) is 2.44. The maximum Gasteiger partial charge on any atom is 0.0786 e. The molecule has 0 fully saturated rings. The highest BCUT2D eigenvalue weighted by Crippen LogP contribution is 2.20. The lowest BCUT2D eigenvalue weighted by Crippen LogP contribution is -2.10. The van der Waals surface area contributed by atoms with Gasteiger partial charge >= 0.3 is 0 Å². The number of nitrogens with two attached hydrogens (primary N) is 1. The van der Waals surface area contributed by atoms with Crippen molar-refractivity contribution in [2.45, 2.75) is 6.42 Å². The number of hydrogen-bond donors (Lipinski definition) is 2. The molecular formula is C10H9BrN2S. The van der Waals surface area contributed by atoms with Crippen LogP contribution in [0.3, 0.4) is 0 Å². The van der Waals surface area contributed by atoms with Gasteiger partial charge in [-0.2, -0.15) is 0 Å². The number of aromatic amines is 1. The highest BCUT2D eigenvalue weighted by atomic mass is 79.9. The summed E-state index contributed by atoms with van der Waals surface area (Å²) in [5.41, 5.74) is 7.65. The fraction of sp³-hybridized carbons (Fsp3) is 0.100. The number of rotatable bonds is 2. The molecule has 1 aromatic carbocycles. The molecule has 0 saturated heterocycles. The number of hydrogen-bond acceptors (Lipinski definition) is 1. The van der Waals surface area contributed by atoms with Crippen LogP contribution in [-0.4, -0.2) is 9.97 Å². The van der Waals surface area contributed by atoms with E-state index in [0.717, 1.165) is 15.7 Å². The van der Waals surface area contributed by atoms with Crippen LogP contribution in [0.4, 0.5) is 0 Å². The van der Waals surface area contributed by atoms with Crippen molar-refractivity contribution >= 4 is 44.0 Å². The summed E-state index contributed by atoms with van der Waals surface area (Å²) in [5.74, 6) is 0. The van der Waals surface area contributed by atoms with Crippen molar-refractivity contribution in [2.24, 2.45) is 5.73 Å². The Morgan fingerprint density at radius 1 is 1.43 bits per heavy atom. The molecule has 0 unspecified atom stereocenters. The standard InChI is InChI=1S/C10H9BrN2S/c11-7-1-2-9-6(3-7)4-8(13-9)5-10(12)14/h1-4,13H,5H2,(H2,12,14). The monoisotopic (exact) mass is 268 g/mol. The Morgan fingerprint density at radius 2 is 2.21 bits per heavy atom. The first-order valence-corrected chi connectivity index (χ1v) is 5.41.